The second-order valence-corrected chi connectivity index (χ2v) is 17.7. The van der Waals surface area contributed by atoms with Crippen LogP contribution in [0.4, 0.5) is 87.8 Å². The fourth-order valence-corrected chi connectivity index (χ4v) is 9.30. The maximum atomic E-state index is 15.4. The van der Waals surface area contributed by atoms with Crippen molar-refractivity contribution in [1.29, 1.82) is 0 Å². The van der Waals surface area contributed by atoms with E-state index in [1.807, 2.05) is 48.5 Å². The summed E-state index contributed by atoms with van der Waals surface area (Å²) in [5.74, 6) is -68.8. The molecule has 7 aromatic carbocycles. The lowest BCUT2D eigenvalue weighted by molar-refractivity contribution is 0.102. The van der Waals surface area contributed by atoms with Crippen LogP contribution in [-0.4, -0.2) is 17.7 Å². The number of halogens is 21. The molecule has 0 aliphatic carbocycles. The molecule has 0 N–H and O–H groups in total. The first-order chi connectivity index (χ1) is 33.3. The molecule has 368 valence electrons. The number of hydrogen-bond donors (Lipinski definition) is 0. The summed E-state index contributed by atoms with van der Waals surface area (Å²) in [6.45, 7) is 0. The number of hydrogen-bond acceptors (Lipinski definition) is 2. The Morgan fingerprint density at radius 2 is 0.662 bits per heavy atom. The predicted molar refractivity (Wildman–Crippen MR) is 219 cm³/mol. The summed E-state index contributed by atoms with van der Waals surface area (Å²) in [4.78, 5) is 13.3. The summed E-state index contributed by atoms with van der Waals surface area (Å²) in [6.07, 6.45) is -7.22. The normalized spacial score (nSPS) is 12.2. The SMILES string of the molecule is Fc1c(F)c(F)c([B-](c2c(F)c(F)c(F)c(F)c2F)(c2c(F)c(F)c(F)c(F)c2F)c2c(F)c(F)c(F)c(F)c2F)c(F)c1F.O=C(C[S+](=O)(C#Cc1ccccc1)c1ccccc1)c1ccc(Br)cc1. The first kappa shape index (κ1) is 53.4. The predicted octanol–water partition coefficient (Wildman–Crippen LogP) is 11.0. The molecule has 0 amide bonds. The van der Waals surface area contributed by atoms with Crippen LogP contribution in [0.25, 0.3) is 0 Å². The molecule has 0 heterocycles. The van der Waals surface area contributed by atoms with Crippen molar-refractivity contribution in [3.05, 3.63) is 217 Å². The van der Waals surface area contributed by atoms with Crippen LogP contribution in [0.15, 0.2) is 94.3 Å². The van der Waals surface area contributed by atoms with Crippen molar-refractivity contribution in [2.24, 2.45) is 0 Å². The number of carbonyl (C=O) groups excluding carboxylic acids is 1. The molecule has 0 fully saturated rings. The van der Waals surface area contributed by atoms with E-state index in [1.165, 1.54) is 0 Å². The largest absolute Gasteiger partial charge is 0.289 e. The first-order valence-corrected chi connectivity index (χ1v) is 21.5. The van der Waals surface area contributed by atoms with Crippen LogP contribution in [0.1, 0.15) is 15.9 Å². The van der Waals surface area contributed by atoms with Crippen molar-refractivity contribution in [2.45, 2.75) is 4.90 Å². The van der Waals surface area contributed by atoms with E-state index in [0.717, 1.165) is 10.0 Å². The minimum atomic E-state index is -7.22. The highest BCUT2D eigenvalue weighted by atomic mass is 79.9. The van der Waals surface area contributed by atoms with Gasteiger partial charge in [0.2, 0.25) is 15.7 Å². The second kappa shape index (κ2) is 20.4. The lowest BCUT2D eigenvalue weighted by Crippen LogP contribution is -2.81. The Morgan fingerprint density at radius 3 is 0.958 bits per heavy atom. The number of ketones is 1. The van der Waals surface area contributed by atoms with E-state index >= 15 is 35.1 Å². The Labute approximate surface area is 394 Å². The molecule has 7 rings (SSSR count). The molecule has 7 aromatic rings. The molecule has 1 unspecified atom stereocenters. The van der Waals surface area contributed by atoms with Crippen LogP contribution in [0, 0.1) is 128 Å². The number of benzene rings is 7. The van der Waals surface area contributed by atoms with Crippen molar-refractivity contribution in [3.8, 4) is 11.2 Å². The zero-order valence-electron chi connectivity index (χ0n) is 34.0. The van der Waals surface area contributed by atoms with Crippen molar-refractivity contribution in [3.63, 3.8) is 0 Å². The Morgan fingerprint density at radius 1 is 0.394 bits per heavy atom. The Balaban J connectivity index is 0.000000268. The molecule has 0 aliphatic heterocycles. The maximum absolute atomic E-state index is 15.4. The van der Waals surface area contributed by atoms with Crippen molar-refractivity contribution >= 4 is 59.6 Å². The van der Waals surface area contributed by atoms with Gasteiger partial charge in [-0.1, -0.05) is 68.7 Å². The lowest BCUT2D eigenvalue weighted by Gasteiger charge is -2.44. The van der Waals surface area contributed by atoms with Gasteiger partial charge < -0.3 is 0 Å². The number of carbonyl (C=O) groups is 1. The molecule has 0 saturated carbocycles. The molecule has 0 aromatic heterocycles. The summed E-state index contributed by atoms with van der Waals surface area (Å²) >= 11 is 3.35. The minimum Gasteiger partial charge on any atom is -0.289 e. The zero-order chi connectivity index (χ0) is 52.8. The molecule has 2 nitrogen and oxygen atoms in total. The van der Waals surface area contributed by atoms with Gasteiger partial charge in [0.05, 0.1) is 0 Å². The molecular weight excluding hydrogens is 1090 g/mol. The molecule has 1 atom stereocenters. The van der Waals surface area contributed by atoms with E-state index in [-0.39, 0.29) is 11.5 Å². The summed E-state index contributed by atoms with van der Waals surface area (Å²) < 4.78 is 308. The van der Waals surface area contributed by atoms with E-state index in [2.05, 4.69) is 27.1 Å². The van der Waals surface area contributed by atoms with Crippen molar-refractivity contribution in [2.75, 3.05) is 5.75 Å². The van der Waals surface area contributed by atoms with Gasteiger partial charge in [0.1, 0.15) is 52.7 Å². The van der Waals surface area contributed by atoms with E-state index < -0.39 is 154 Å². The average Bonchev–Trinajstić information content (AvgIpc) is 3.36. The smallest absolute Gasteiger partial charge is 0.213 e. The number of rotatable bonds is 8. The molecule has 25 heteroatoms. The zero-order valence-corrected chi connectivity index (χ0v) is 36.4. The third kappa shape index (κ3) is 9.18. The van der Waals surface area contributed by atoms with Gasteiger partial charge in [-0.25, -0.2) is 87.8 Å². The van der Waals surface area contributed by atoms with E-state index in [0.29, 0.717) is 10.5 Å². The second-order valence-electron chi connectivity index (χ2n) is 14.5. The van der Waals surface area contributed by atoms with Gasteiger partial charge in [-0.2, -0.15) is 0 Å². The number of Topliss-reactive ketones (excluding diaryl/α,β-unsaturated/α-hetero) is 1. The molecular formula is C46H16BBrF20O2S. The molecule has 0 spiro atoms. The highest BCUT2D eigenvalue weighted by Crippen LogP contribution is 2.31. The van der Waals surface area contributed by atoms with Gasteiger partial charge in [0, 0.05) is 15.6 Å². The third-order valence-electron chi connectivity index (χ3n) is 10.5. The van der Waals surface area contributed by atoms with E-state index in [1.54, 1.807) is 36.4 Å². The van der Waals surface area contributed by atoms with Gasteiger partial charge in [0.15, 0.2) is 85.7 Å². The summed E-state index contributed by atoms with van der Waals surface area (Å²) in [6, 6.07) is 25.4. The van der Waals surface area contributed by atoms with E-state index in [4.69, 9.17) is 0 Å². The lowest BCUT2D eigenvalue weighted by atomic mass is 9.12. The van der Waals surface area contributed by atoms with Gasteiger partial charge in [-0.05, 0) is 42.3 Å². The summed E-state index contributed by atoms with van der Waals surface area (Å²) in [7, 11) is -2.85. The Bertz CT molecular complexity index is 3020. The quantitative estimate of drug-likeness (QED) is 0.0289. The molecule has 0 bridgehead atoms. The molecule has 0 saturated heterocycles. The van der Waals surface area contributed by atoms with Gasteiger partial charge >= 0.3 is 0 Å². The van der Waals surface area contributed by atoms with Crippen molar-refractivity contribution < 1.29 is 96.8 Å². The van der Waals surface area contributed by atoms with E-state index in [9.17, 15) is 61.7 Å². The van der Waals surface area contributed by atoms with Crippen LogP contribution >= 0.6 is 15.9 Å². The Kier molecular flexibility index (Phi) is 15.4. The summed E-state index contributed by atoms with van der Waals surface area (Å²) in [5.41, 5.74) is -13.0. The topological polar surface area (TPSA) is 34.1 Å². The maximum Gasteiger partial charge on any atom is 0.213 e. The minimum absolute atomic E-state index is 0.140. The van der Waals surface area contributed by atoms with Crippen LogP contribution in [0.5, 0.6) is 0 Å². The van der Waals surface area contributed by atoms with Crippen LogP contribution in [0.3, 0.4) is 0 Å². The molecule has 0 radical (unpaired) electrons. The van der Waals surface area contributed by atoms with Gasteiger partial charge in [-0.3, -0.25) is 4.79 Å². The van der Waals surface area contributed by atoms with Gasteiger partial charge in [-0.15, -0.1) is 21.9 Å². The standard InChI is InChI=1S/C24BF20.C22H16BrO2S/c26-5-1(6(27)14(35)21(42)13(5)34)25(2-7(28)15(36)22(43)16(37)8(2)29,3-9(30)17(38)23(44)18(39)10(3)31)4-11(32)19(40)24(45)20(41)12(4)33;23-20-13-11-19(12-14-20)22(24)17-26(25,21-9-5-2-6-10-21)16-15-18-7-3-1-4-8-18/h;1-14H,17H2/q-1;+1. The van der Waals surface area contributed by atoms with Crippen molar-refractivity contribution in [1.82, 2.24) is 0 Å². The highest BCUT2D eigenvalue weighted by molar-refractivity contribution is 9.10. The Hall–Kier alpha value is -6.94. The average molecular weight is 1100 g/mol. The first-order valence-electron chi connectivity index (χ1n) is 18.9. The molecule has 71 heavy (non-hydrogen) atoms. The highest BCUT2D eigenvalue weighted by Gasteiger charge is 2.52. The fraction of sp³-hybridized carbons (Fsp3) is 0.0217. The summed E-state index contributed by atoms with van der Waals surface area (Å²) in [5, 5.41) is 2.89. The monoisotopic (exact) mass is 1100 g/mol. The molecule has 0 aliphatic rings. The van der Waals surface area contributed by atoms with Crippen LogP contribution in [-0.2, 0) is 14.1 Å². The van der Waals surface area contributed by atoms with Gasteiger partial charge in [0.25, 0.3) is 0 Å². The van der Waals surface area contributed by atoms with Crippen LogP contribution in [0.2, 0.25) is 0 Å². The van der Waals surface area contributed by atoms with Crippen LogP contribution < -0.4 is 21.9 Å². The fourth-order valence-electron chi connectivity index (χ4n) is 7.26. The third-order valence-corrected chi connectivity index (χ3v) is 13.1.